The standard InChI is InChI=1S/C20H30N2O5S/c1-11(2)21-18(26)17-13-7-6-12(20(3,4)5)8-14(13)28-19(17)22-15(23)9-27-10-16(24)25/h11-12H,6-10H2,1-5H3,(H,21,26)(H,22,23)(H,24,25)/t12-/m1/s1. The van der Waals surface area contributed by atoms with Crippen LogP contribution in [0.1, 0.15) is 61.8 Å². The Balaban J connectivity index is 2.26. The fraction of sp³-hybridized carbons (Fsp3) is 0.650. The van der Waals surface area contributed by atoms with Gasteiger partial charge in [0.25, 0.3) is 11.8 Å². The average molecular weight is 411 g/mol. The molecule has 3 N–H and O–H groups in total. The second-order valence-electron chi connectivity index (χ2n) is 8.58. The molecule has 0 aliphatic heterocycles. The summed E-state index contributed by atoms with van der Waals surface area (Å²) >= 11 is 1.44. The molecule has 7 nitrogen and oxygen atoms in total. The molecule has 28 heavy (non-hydrogen) atoms. The lowest BCUT2D eigenvalue weighted by molar-refractivity contribution is -0.143. The number of ether oxygens (including phenoxy) is 1. The number of aliphatic carboxylic acids is 1. The first-order valence-corrected chi connectivity index (χ1v) is 10.4. The van der Waals surface area contributed by atoms with Gasteiger partial charge < -0.3 is 20.5 Å². The van der Waals surface area contributed by atoms with Crippen molar-refractivity contribution in [3.05, 3.63) is 16.0 Å². The van der Waals surface area contributed by atoms with Crippen molar-refractivity contribution in [1.82, 2.24) is 5.32 Å². The van der Waals surface area contributed by atoms with Crippen LogP contribution in [0.3, 0.4) is 0 Å². The molecule has 0 aromatic carbocycles. The third-order valence-electron chi connectivity index (χ3n) is 4.85. The molecule has 1 aromatic rings. The number of rotatable bonds is 7. The molecule has 0 unspecified atom stereocenters. The molecular formula is C20H30N2O5S. The van der Waals surface area contributed by atoms with E-state index in [1.54, 1.807) is 0 Å². The van der Waals surface area contributed by atoms with Gasteiger partial charge in [0.1, 0.15) is 18.2 Å². The normalized spacial score (nSPS) is 16.6. The van der Waals surface area contributed by atoms with Gasteiger partial charge in [0.15, 0.2) is 0 Å². The van der Waals surface area contributed by atoms with E-state index >= 15 is 0 Å². The van der Waals surface area contributed by atoms with Crippen molar-refractivity contribution in [3.8, 4) is 0 Å². The molecule has 1 aromatic heterocycles. The van der Waals surface area contributed by atoms with E-state index in [4.69, 9.17) is 9.84 Å². The Hall–Kier alpha value is -1.93. The smallest absolute Gasteiger partial charge is 0.329 e. The summed E-state index contributed by atoms with van der Waals surface area (Å²) in [6.45, 7) is 9.56. The van der Waals surface area contributed by atoms with E-state index in [0.717, 1.165) is 29.7 Å². The van der Waals surface area contributed by atoms with Crippen LogP contribution in [0.25, 0.3) is 0 Å². The van der Waals surface area contributed by atoms with Gasteiger partial charge in [0.2, 0.25) is 0 Å². The molecule has 0 saturated heterocycles. The third kappa shape index (κ3) is 5.78. The van der Waals surface area contributed by atoms with Crippen LogP contribution in [0.2, 0.25) is 0 Å². The summed E-state index contributed by atoms with van der Waals surface area (Å²) in [5.41, 5.74) is 1.73. The minimum Gasteiger partial charge on any atom is -0.480 e. The minimum atomic E-state index is -1.13. The van der Waals surface area contributed by atoms with Gasteiger partial charge in [0, 0.05) is 10.9 Å². The largest absolute Gasteiger partial charge is 0.480 e. The van der Waals surface area contributed by atoms with E-state index in [9.17, 15) is 14.4 Å². The molecule has 0 saturated carbocycles. The molecule has 0 radical (unpaired) electrons. The Morgan fingerprint density at radius 3 is 2.50 bits per heavy atom. The van der Waals surface area contributed by atoms with Gasteiger partial charge >= 0.3 is 5.97 Å². The third-order valence-corrected chi connectivity index (χ3v) is 6.02. The molecule has 1 heterocycles. The SMILES string of the molecule is CC(C)NC(=O)c1c(NC(=O)COCC(=O)O)sc2c1CC[C@@H](C(C)(C)C)C2. The van der Waals surface area contributed by atoms with Gasteiger partial charge in [-0.2, -0.15) is 0 Å². The van der Waals surface area contributed by atoms with Gasteiger partial charge in [-0.25, -0.2) is 4.79 Å². The Bertz CT molecular complexity index is 749. The highest BCUT2D eigenvalue weighted by molar-refractivity contribution is 7.17. The van der Waals surface area contributed by atoms with E-state index in [2.05, 4.69) is 31.4 Å². The molecule has 1 atom stereocenters. The number of amides is 2. The predicted molar refractivity (Wildman–Crippen MR) is 109 cm³/mol. The van der Waals surface area contributed by atoms with Crippen molar-refractivity contribution in [1.29, 1.82) is 0 Å². The highest BCUT2D eigenvalue weighted by Gasteiger charge is 2.34. The number of carbonyl (C=O) groups is 3. The van der Waals surface area contributed by atoms with Crippen LogP contribution < -0.4 is 10.6 Å². The predicted octanol–water partition coefficient (Wildman–Crippen LogP) is 3.08. The maximum absolute atomic E-state index is 12.8. The lowest BCUT2D eigenvalue weighted by Crippen LogP contribution is -2.32. The number of hydrogen-bond donors (Lipinski definition) is 3. The van der Waals surface area contributed by atoms with Crippen molar-refractivity contribution >= 4 is 34.1 Å². The molecule has 8 heteroatoms. The number of hydrogen-bond acceptors (Lipinski definition) is 5. The Labute approximate surface area is 169 Å². The summed E-state index contributed by atoms with van der Waals surface area (Å²) in [6, 6.07) is -0.0172. The van der Waals surface area contributed by atoms with Crippen LogP contribution in [-0.4, -0.2) is 42.1 Å². The maximum atomic E-state index is 12.8. The quantitative estimate of drug-likeness (QED) is 0.641. The van der Waals surface area contributed by atoms with E-state index in [1.165, 1.54) is 11.3 Å². The van der Waals surface area contributed by atoms with Gasteiger partial charge in [-0.3, -0.25) is 9.59 Å². The van der Waals surface area contributed by atoms with Crippen molar-refractivity contribution in [3.63, 3.8) is 0 Å². The lowest BCUT2D eigenvalue weighted by Gasteiger charge is -2.33. The van der Waals surface area contributed by atoms with Crippen molar-refractivity contribution < 1.29 is 24.2 Å². The second-order valence-corrected chi connectivity index (χ2v) is 9.68. The molecule has 0 fully saturated rings. The first-order valence-electron chi connectivity index (χ1n) is 9.53. The highest BCUT2D eigenvalue weighted by atomic mass is 32.1. The Kier molecular flexibility index (Phi) is 7.22. The zero-order valence-electron chi connectivity index (χ0n) is 17.2. The molecule has 156 valence electrons. The number of thiophene rings is 1. The number of carboxylic acids is 1. The van der Waals surface area contributed by atoms with Crippen LogP contribution in [0.5, 0.6) is 0 Å². The topological polar surface area (TPSA) is 105 Å². The van der Waals surface area contributed by atoms with E-state index in [1.807, 2.05) is 13.8 Å². The van der Waals surface area contributed by atoms with Crippen LogP contribution in [0.15, 0.2) is 0 Å². The number of fused-ring (bicyclic) bond motifs is 1. The van der Waals surface area contributed by atoms with Gasteiger partial charge in [0.05, 0.1) is 5.56 Å². The van der Waals surface area contributed by atoms with Crippen molar-refractivity contribution in [2.24, 2.45) is 11.3 Å². The van der Waals surface area contributed by atoms with Crippen molar-refractivity contribution in [2.45, 2.75) is 59.9 Å². The van der Waals surface area contributed by atoms with Gasteiger partial charge in [-0.1, -0.05) is 20.8 Å². The summed E-state index contributed by atoms with van der Waals surface area (Å²) in [7, 11) is 0. The van der Waals surface area contributed by atoms with Crippen LogP contribution >= 0.6 is 11.3 Å². The monoisotopic (exact) mass is 410 g/mol. The maximum Gasteiger partial charge on any atom is 0.329 e. The summed E-state index contributed by atoms with van der Waals surface area (Å²) in [4.78, 5) is 36.6. The van der Waals surface area contributed by atoms with E-state index in [0.29, 0.717) is 16.5 Å². The molecule has 1 aliphatic rings. The second kappa shape index (κ2) is 9.05. The molecule has 0 bridgehead atoms. The fourth-order valence-corrected chi connectivity index (χ4v) is 4.72. The number of nitrogens with one attached hydrogen (secondary N) is 2. The zero-order valence-corrected chi connectivity index (χ0v) is 18.0. The van der Waals surface area contributed by atoms with E-state index in [-0.39, 0.29) is 24.0 Å². The van der Waals surface area contributed by atoms with E-state index < -0.39 is 18.5 Å². The summed E-state index contributed by atoms with van der Waals surface area (Å²) in [5.74, 6) is -1.28. The summed E-state index contributed by atoms with van der Waals surface area (Å²) in [5, 5.41) is 14.8. The first kappa shape index (κ1) is 22.4. The van der Waals surface area contributed by atoms with Crippen LogP contribution in [-0.2, 0) is 27.2 Å². The Morgan fingerprint density at radius 1 is 1.25 bits per heavy atom. The highest BCUT2D eigenvalue weighted by Crippen LogP contribution is 2.44. The molecule has 1 aliphatic carbocycles. The van der Waals surface area contributed by atoms with Gasteiger partial charge in [-0.15, -0.1) is 11.3 Å². The van der Waals surface area contributed by atoms with Crippen LogP contribution in [0, 0.1) is 11.3 Å². The first-order chi connectivity index (χ1) is 13.0. The summed E-state index contributed by atoms with van der Waals surface area (Å²) in [6.07, 6.45) is 2.70. The average Bonchev–Trinajstić information content (AvgIpc) is 2.89. The van der Waals surface area contributed by atoms with Crippen LogP contribution in [0.4, 0.5) is 5.00 Å². The lowest BCUT2D eigenvalue weighted by atomic mass is 9.72. The molecule has 2 amide bonds. The number of carboxylic acid groups (broad SMARTS) is 1. The summed E-state index contributed by atoms with van der Waals surface area (Å²) < 4.78 is 4.85. The molecular weight excluding hydrogens is 380 g/mol. The molecule has 0 spiro atoms. The Morgan fingerprint density at radius 2 is 1.93 bits per heavy atom. The molecule has 2 rings (SSSR count). The minimum absolute atomic E-state index is 0.0172. The number of carbonyl (C=O) groups excluding carboxylic acids is 2. The number of anilines is 1. The van der Waals surface area contributed by atoms with Gasteiger partial charge in [-0.05, 0) is 50.0 Å². The zero-order chi connectivity index (χ0) is 21.1. The van der Waals surface area contributed by atoms with Crippen molar-refractivity contribution in [2.75, 3.05) is 18.5 Å². The fourth-order valence-electron chi connectivity index (χ4n) is 3.38.